The fourth-order valence-electron chi connectivity index (χ4n) is 1.85. The van der Waals surface area contributed by atoms with Crippen LogP contribution in [0.5, 0.6) is 0 Å². The van der Waals surface area contributed by atoms with Crippen LogP contribution >= 0.6 is 0 Å². The lowest BCUT2D eigenvalue weighted by atomic mass is 10.0. The standard InChI is InChI=1S/C10H20N2O.C2H6.H2/c1-8(2)12-6-4-10(5-7-12)11-9(3)13;1-2;/h8,10H,4-7H2,1-3H3,(H,11,13);1-2H3;1H. The third-order valence-electron chi connectivity index (χ3n) is 2.67. The highest BCUT2D eigenvalue weighted by Gasteiger charge is 2.20. The van der Waals surface area contributed by atoms with Crippen LogP contribution < -0.4 is 5.32 Å². The summed E-state index contributed by atoms with van der Waals surface area (Å²) in [5.74, 6) is 0.1000. The second kappa shape index (κ2) is 7.69. The Morgan fingerprint density at radius 2 is 1.80 bits per heavy atom. The van der Waals surface area contributed by atoms with Crippen molar-refractivity contribution in [2.45, 2.75) is 59.5 Å². The van der Waals surface area contributed by atoms with Crippen molar-refractivity contribution >= 4 is 5.91 Å². The number of hydrogen-bond acceptors (Lipinski definition) is 2. The van der Waals surface area contributed by atoms with Crippen LogP contribution in [0.3, 0.4) is 0 Å². The van der Waals surface area contributed by atoms with Gasteiger partial charge >= 0.3 is 0 Å². The van der Waals surface area contributed by atoms with Gasteiger partial charge < -0.3 is 10.2 Å². The van der Waals surface area contributed by atoms with Crippen LogP contribution in [-0.4, -0.2) is 36.0 Å². The summed E-state index contributed by atoms with van der Waals surface area (Å²) < 4.78 is 0. The van der Waals surface area contributed by atoms with Gasteiger partial charge in [0.1, 0.15) is 0 Å². The normalized spacial score (nSPS) is 18.3. The smallest absolute Gasteiger partial charge is 0.217 e. The molecule has 92 valence electrons. The molecule has 3 nitrogen and oxygen atoms in total. The minimum atomic E-state index is 0. The first-order valence-electron chi connectivity index (χ1n) is 6.10. The van der Waals surface area contributed by atoms with E-state index in [1.54, 1.807) is 6.92 Å². The monoisotopic (exact) mass is 216 g/mol. The van der Waals surface area contributed by atoms with E-state index in [0.29, 0.717) is 12.1 Å². The van der Waals surface area contributed by atoms with Crippen LogP contribution in [0.1, 0.15) is 48.9 Å². The lowest BCUT2D eigenvalue weighted by molar-refractivity contribution is -0.120. The van der Waals surface area contributed by atoms with Gasteiger partial charge in [-0.3, -0.25) is 4.79 Å². The molecule has 1 rings (SSSR count). The van der Waals surface area contributed by atoms with Gasteiger partial charge in [-0.25, -0.2) is 0 Å². The van der Waals surface area contributed by atoms with Crippen molar-refractivity contribution in [2.75, 3.05) is 13.1 Å². The second-order valence-corrected chi connectivity index (χ2v) is 4.10. The molecule has 1 fully saturated rings. The van der Waals surface area contributed by atoms with Gasteiger partial charge in [0.25, 0.3) is 0 Å². The predicted octanol–water partition coefficient (Wildman–Crippen LogP) is 2.27. The SMILES string of the molecule is CC.CC(=O)NC1CCN(C(C)C)CC1.[HH]. The van der Waals surface area contributed by atoms with Gasteiger partial charge in [0.2, 0.25) is 5.91 Å². The van der Waals surface area contributed by atoms with E-state index in [4.69, 9.17) is 0 Å². The summed E-state index contributed by atoms with van der Waals surface area (Å²) in [5.41, 5.74) is 0. The summed E-state index contributed by atoms with van der Waals surface area (Å²) in [6.07, 6.45) is 2.19. The van der Waals surface area contributed by atoms with Crippen molar-refractivity contribution in [1.29, 1.82) is 0 Å². The Bertz CT molecular complexity index is 178. The van der Waals surface area contributed by atoms with Crippen LogP contribution in [-0.2, 0) is 4.79 Å². The number of hydrogen-bond donors (Lipinski definition) is 1. The lowest BCUT2D eigenvalue weighted by Crippen LogP contribution is -2.46. The summed E-state index contributed by atoms with van der Waals surface area (Å²) in [6.45, 7) is 12.3. The number of piperidine rings is 1. The number of amides is 1. The third kappa shape index (κ3) is 5.78. The molecule has 0 atom stereocenters. The first-order valence-corrected chi connectivity index (χ1v) is 6.10. The summed E-state index contributed by atoms with van der Waals surface area (Å²) in [4.78, 5) is 13.3. The van der Waals surface area contributed by atoms with Crippen LogP contribution in [0.2, 0.25) is 0 Å². The highest BCUT2D eigenvalue weighted by Crippen LogP contribution is 2.12. The molecular formula is C12H28N2O. The molecule has 0 spiro atoms. The molecule has 0 aromatic carbocycles. The molecule has 1 heterocycles. The molecule has 3 heteroatoms. The summed E-state index contributed by atoms with van der Waals surface area (Å²) in [5, 5.41) is 2.98. The van der Waals surface area contributed by atoms with Gasteiger partial charge in [-0.05, 0) is 26.7 Å². The highest BCUT2D eigenvalue weighted by atomic mass is 16.1. The van der Waals surface area contributed by atoms with Gasteiger partial charge in [0, 0.05) is 33.5 Å². The average molecular weight is 216 g/mol. The lowest BCUT2D eigenvalue weighted by Gasteiger charge is -2.34. The summed E-state index contributed by atoms with van der Waals surface area (Å²) in [7, 11) is 0. The number of carbonyl (C=O) groups excluding carboxylic acids is 1. The van der Waals surface area contributed by atoms with Crippen molar-refractivity contribution in [1.82, 2.24) is 10.2 Å². The van der Waals surface area contributed by atoms with Crippen molar-refractivity contribution in [2.24, 2.45) is 0 Å². The first kappa shape index (κ1) is 14.4. The number of nitrogens with zero attached hydrogens (tertiary/aromatic N) is 1. The van der Waals surface area contributed by atoms with Crippen LogP contribution in [0.15, 0.2) is 0 Å². The third-order valence-corrected chi connectivity index (χ3v) is 2.67. The number of carbonyl (C=O) groups is 1. The first-order chi connectivity index (χ1) is 7.09. The largest absolute Gasteiger partial charge is 0.354 e. The van der Waals surface area contributed by atoms with E-state index in [-0.39, 0.29) is 7.33 Å². The highest BCUT2D eigenvalue weighted by molar-refractivity contribution is 5.73. The Hall–Kier alpha value is -0.570. The molecule has 1 aliphatic heterocycles. The average Bonchev–Trinajstić information content (AvgIpc) is 2.20. The molecule has 0 bridgehead atoms. The minimum Gasteiger partial charge on any atom is -0.354 e. The second-order valence-electron chi connectivity index (χ2n) is 4.10. The molecule has 0 radical (unpaired) electrons. The Morgan fingerprint density at radius 1 is 1.33 bits per heavy atom. The van der Waals surface area contributed by atoms with E-state index in [2.05, 4.69) is 24.1 Å². The Balaban J connectivity index is 0. The predicted molar refractivity (Wildman–Crippen MR) is 67.0 cm³/mol. The molecule has 1 saturated heterocycles. The molecule has 0 saturated carbocycles. The van der Waals surface area contributed by atoms with Gasteiger partial charge in [-0.15, -0.1) is 0 Å². The molecule has 1 aliphatic rings. The van der Waals surface area contributed by atoms with E-state index in [0.717, 1.165) is 25.9 Å². The van der Waals surface area contributed by atoms with Crippen LogP contribution in [0, 0.1) is 0 Å². The van der Waals surface area contributed by atoms with Crippen molar-refractivity contribution in [3.63, 3.8) is 0 Å². The topological polar surface area (TPSA) is 32.3 Å². The van der Waals surface area contributed by atoms with Gasteiger partial charge in [0.05, 0.1) is 0 Å². The molecule has 0 unspecified atom stereocenters. The molecule has 1 amide bonds. The summed E-state index contributed by atoms with van der Waals surface area (Å²) in [6, 6.07) is 1.05. The zero-order valence-electron chi connectivity index (χ0n) is 10.8. The van der Waals surface area contributed by atoms with Crippen LogP contribution in [0.4, 0.5) is 0 Å². The van der Waals surface area contributed by atoms with Crippen molar-refractivity contribution in [3.8, 4) is 0 Å². The molecule has 1 N–H and O–H groups in total. The zero-order valence-corrected chi connectivity index (χ0v) is 10.8. The van der Waals surface area contributed by atoms with Gasteiger partial charge in [-0.1, -0.05) is 13.8 Å². The Labute approximate surface area is 95.7 Å². The van der Waals surface area contributed by atoms with Gasteiger partial charge in [-0.2, -0.15) is 0 Å². The molecule has 15 heavy (non-hydrogen) atoms. The Kier molecular flexibility index (Phi) is 7.39. The summed E-state index contributed by atoms with van der Waals surface area (Å²) >= 11 is 0. The quantitative estimate of drug-likeness (QED) is 0.768. The van der Waals surface area contributed by atoms with E-state index >= 15 is 0 Å². The van der Waals surface area contributed by atoms with Gasteiger partial charge in [0.15, 0.2) is 0 Å². The molecule has 0 aromatic heterocycles. The Morgan fingerprint density at radius 3 is 2.13 bits per heavy atom. The fourth-order valence-corrected chi connectivity index (χ4v) is 1.85. The number of likely N-dealkylation sites (tertiary alicyclic amines) is 1. The maximum Gasteiger partial charge on any atom is 0.217 e. The molecule has 0 aliphatic carbocycles. The van der Waals surface area contributed by atoms with Crippen molar-refractivity contribution in [3.05, 3.63) is 0 Å². The minimum absolute atomic E-state index is 0. The number of nitrogens with one attached hydrogen (secondary N) is 1. The molecular weight excluding hydrogens is 188 g/mol. The maximum atomic E-state index is 10.8. The maximum absolute atomic E-state index is 10.8. The van der Waals surface area contributed by atoms with E-state index in [1.807, 2.05) is 13.8 Å². The van der Waals surface area contributed by atoms with E-state index < -0.39 is 0 Å². The fraction of sp³-hybridized carbons (Fsp3) is 0.917. The molecule has 0 aromatic rings. The van der Waals surface area contributed by atoms with Crippen LogP contribution in [0.25, 0.3) is 0 Å². The number of rotatable bonds is 2. The van der Waals surface area contributed by atoms with E-state index in [1.165, 1.54) is 0 Å². The van der Waals surface area contributed by atoms with E-state index in [9.17, 15) is 4.79 Å². The zero-order chi connectivity index (χ0) is 11.8. The van der Waals surface area contributed by atoms with Crippen molar-refractivity contribution < 1.29 is 6.22 Å².